The van der Waals surface area contributed by atoms with Gasteiger partial charge < -0.3 is 20.7 Å². The van der Waals surface area contributed by atoms with Crippen LogP contribution in [0, 0.1) is 5.41 Å². The van der Waals surface area contributed by atoms with Crippen LogP contribution in [0.4, 0.5) is 11.8 Å². The zero-order valence-electron chi connectivity index (χ0n) is 18.3. The molecule has 2 aromatic heterocycles. The molecule has 164 valence electrons. The summed E-state index contributed by atoms with van der Waals surface area (Å²) in [4.78, 5) is 29.3. The lowest BCUT2D eigenvalue weighted by atomic mass is 9.73. The Morgan fingerprint density at radius 2 is 2.10 bits per heavy atom. The molecule has 3 N–H and O–H groups in total. The van der Waals surface area contributed by atoms with Crippen molar-refractivity contribution in [3.63, 3.8) is 0 Å². The molecular weight excluding hydrogens is 394 g/mol. The second-order valence-electron chi connectivity index (χ2n) is 8.83. The van der Waals surface area contributed by atoms with Gasteiger partial charge in [0, 0.05) is 50.4 Å². The summed E-state index contributed by atoms with van der Waals surface area (Å²) < 4.78 is 7.49. The van der Waals surface area contributed by atoms with Gasteiger partial charge in [-0.3, -0.25) is 14.4 Å². The molecule has 5 heterocycles. The van der Waals surface area contributed by atoms with Gasteiger partial charge >= 0.3 is 0 Å². The van der Waals surface area contributed by atoms with E-state index in [0.29, 0.717) is 23.8 Å². The van der Waals surface area contributed by atoms with Crippen molar-refractivity contribution in [1.82, 2.24) is 14.5 Å². The van der Waals surface area contributed by atoms with Gasteiger partial charge in [0.15, 0.2) is 0 Å². The standard InChI is InChI=1S/C22H29N7O2/c1-13-19(23)22(12-31-13)5-8-29(9-6-22)21-27-15-11-26-18(17(15)20(30)28(21)3)14-4-7-25-16(10-14)24-2/h4,7,10,13,19H,5-6,8-9,11-12,23H2,1-3H3,(H,24,25)/t13-,19+/m0/s1. The van der Waals surface area contributed by atoms with Crippen LogP contribution < -0.4 is 21.5 Å². The smallest absolute Gasteiger partial charge is 0.264 e. The Morgan fingerprint density at radius 1 is 1.32 bits per heavy atom. The van der Waals surface area contributed by atoms with E-state index in [1.165, 1.54) is 0 Å². The second-order valence-corrected chi connectivity index (χ2v) is 8.83. The van der Waals surface area contributed by atoms with Crippen molar-refractivity contribution in [1.29, 1.82) is 0 Å². The summed E-state index contributed by atoms with van der Waals surface area (Å²) in [5.74, 6) is 1.45. The maximum atomic E-state index is 13.4. The number of nitrogens with zero attached hydrogens (tertiary/aromatic N) is 5. The number of hydrogen-bond acceptors (Lipinski definition) is 8. The van der Waals surface area contributed by atoms with Gasteiger partial charge in [0.05, 0.1) is 36.2 Å². The number of piperidine rings is 1. The number of aliphatic imine (C=N–C) groups is 1. The van der Waals surface area contributed by atoms with Crippen LogP contribution in [0.25, 0.3) is 0 Å². The lowest BCUT2D eigenvalue weighted by molar-refractivity contribution is 0.0973. The van der Waals surface area contributed by atoms with Crippen LogP contribution in [0.15, 0.2) is 28.1 Å². The van der Waals surface area contributed by atoms with E-state index in [4.69, 9.17) is 15.5 Å². The van der Waals surface area contributed by atoms with Crippen molar-refractivity contribution in [2.45, 2.75) is 38.5 Å². The number of pyridine rings is 1. The Morgan fingerprint density at radius 3 is 2.77 bits per heavy atom. The van der Waals surface area contributed by atoms with Crippen molar-refractivity contribution in [2.24, 2.45) is 23.2 Å². The van der Waals surface area contributed by atoms with E-state index in [2.05, 4.69) is 27.1 Å². The van der Waals surface area contributed by atoms with Crippen molar-refractivity contribution in [2.75, 3.05) is 37.0 Å². The third-order valence-electron chi connectivity index (χ3n) is 7.14. The predicted molar refractivity (Wildman–Crippen MR) is 120 cm³/mol. The van der Waals surface area contributed by atoms with E-state index >= 15 is 0 Å². The lowest BCUT2D eigenvalue weighted by Crippen LogP contribution is -2.51. The summed E-state index contributed by atoms with van der Waals surface area (Å²) in [7, 11) is 3.61. The van der Waals surface area contributed by atoms with E-state index < -0.39 is 0 Å². The fourth-order valence-electron chi connectivity index (χ4n) is 5.08. The fraction of sp³-hybridized carbons (Fsp3) is 0.545. The Hall–Kier alpha value is -2.78. The first-order valence-electron chi connectivity index (χ1n) is 10.8. The molecule has 9 nitrogen and oxygen atoms in total. The molecule has 0 bridgehead atoms. The summed E-state index contributed by atoms with van der Waals surface area (Å²) >= 11 is 0. The Kier molecular flexibility index (Phi) is 4.82. The molecule has 1 spiro atoms. The van der Waals surface area contributed by atoms with E-state index in [1.807, 2.05) is 19.2 Å². The van der Waals surface area contributed by atoms with Gasteiger partial charge in [-0.2, -0.15) is 0 Å². The first-order valence-corrected chi connectivity index (χ1v) is 10.8. The largest absolute Gasteiger partial charge is 0.376 e. The van der Waals surface area contributed by atoms with E-state index in [0.717, 1.165) is 49.6 Å². The highest BCUT2D eigenvalue weighted by Gasteiger charge is 2.48. The molecule has 0 saturated carbocycles. The molecule has 9 heteroatoms. The molecule has 0 amide bonds. The Labute approximate surface area is 181 Å². The molecule has 0 aromatic carbocycles. The number of aromatic nitrogens is 3. The molecule has 0 unspecified atom stereocenters. The summed E-state index contributed by atoms with van der Waals surface area (Å²) in [5.41, 5.74) is 9.32. The number of fused-ring (bicyclic) bond motifs is 1. The van der Waals surface area contributed by atoms with Crippen LogP contribution in [0.3, 0.4) is 0 Å². The average molecular weight is 424 g/mol. The number of nitrogens with one attached hydrogen (secondary N) is 1. The van der Waals surface area contributed by atoms with E-state index in [1.54, 1.807) is 17.8 Å². The van der Waals surface area contributed by atoms with Crippen LogP contribution in [-0.2, 0) is 18.3 Å². The minimum Gasteiger partial charge on any atom is -0.376 e. The zero-order valence-corrected chi connectivity index (χ0v) is 18.3. The maximum Gasteiger partial charge on any atom is 0.264 e. The van der Waals surface area contributed by atoms with Gasteiger partial charge in [-0.25, -0.2) is 9.97 Å². The third kappa shape index (κ3) is 3.14. The van der Waals surface area contributed by atoms with Crippen molar-refractivity contribution in [3.05, 3.63) is 45.5 Å². The Balaban J connectivity index is 1.43. The molecule has 3 aliphatic heterocycles. The summed E-state index contributed by atoms with van der Waals surface area (Å²) in [6.45, 7) is 4.81. The van der Waals surface area contributed by atoms with Crippen LogP contribution >= 0.6 is 0 Å². The molecule has 2 atom stereocenters. The lowest BCUT2D eigenvalue weighted by Gasteiger charge is -2.41. The van der Waals surface area contributed by atoms with Crippen molar-refractivity contribution < 1.29 is 4.74 Å². The molecule has 5 rings (SSSR count). The van der Waals surface area contributed by atoms with Gasteiger partial charge in [-0.1, -0.05) is 0 Å². The number of rotatable bonds is 3. The normalized spacial score (nSPS) is 24.4. The van der Waals surface area contributed by atoms with Crippen molar-refractivity contribution >= 4 is 17.5 Å². The summed E-state index contributed by atoms with van der Waals surface area (Å²) in [5, 5.41) is 3.03. The molecule has 2 saturated heterocycles. The number of ether oxygens (including phenoxy) is 1. The summed E-state index contributed by atoms with van der Waals surface area (Å²) in [6, 6.07) is 3.84. The molecule has 31 heavy (non-hydrogen) atoms. The number of nitrogens with two attached hydrogens (primary N) is 1. The van der Waals surface area contributed by atoms with Gasteiger partial charge in [0.2, 0.25) is 5.95 Å². The van der Waals surface area contributed by atoms with Gasteiger partial charge in [0.1, 0.15) is 5.82 Å². The molecule has 0 radical (unpaired) electrons. The van der Waals surface area contributed by atoms with Crippen LogP contribution in [-0.4, -0.2) is 59.1 Å². The van der Waals surface area contributed by atoms with Crippen LogP contribution in [0.1, 0.15) is 36.6 Å². The van der Waals surface area contributed by atoms with Gasteiger partial charge in [0.25, 0.3) is 5.56 Å². The minimum atomic E-state index is -0.0612. The predicted octanol–water partition coefficient (Wildman–Crippen LogP) is 0.901. The highest BCUT2D eigenvalue weighted by molar-refractivity contribution is 6.15. The zero-order chi connectivity index (χ0) is 21.8. The van der Waals surface area contributed by atoms with E-state index in [-0.39, 0.29) is 23.1 Å². The quantitative estimate of drug-likeness (QED) is 0.755. The monoisotopic (exact) mass is 423 g/mol. The highest BCUT2D eigenvalue weighted by Crippen LogP contribution is 2.41. The molecule has 2 aromatic rings. The summed E-state index contributed by atoms with van der Waals surface area (Å²) in [6.07, 6.45) is 3.70. The molecular formula is C22H29N7O2. The first kappa shape index (κ1) is 20.1. The second kappa shape index (κ2) is 7.42. The molecule has 3 aliphatic rings. The molecule has 0 aliphatic carbocycles. The average Bonchev–Trinajstić information content (AvgIpc) is 3.34. The maximum absolute atomic E-state index is 13.4. The van der Waals surface area contributed by atoms with E-state index in [9.17, 15) is 4.79 Å². The van der Waals surface area contributed by atoms with Crippen LogP contribution in [0.2, 0.25) is 0 Å². The molecule has 2 fully saturated rings. The van der Waals surface area contributed by atoms with Crippen LogP contribution in [0.5, 0.6) is 0 Å². The minimum absolute atomic E-state index is 0.0359. The Bertz CT molecular complexity index is 1100. The number of hydrogen-bond donors (Lipinski definition) is 2. The highest BCUT2D eigenvalue weighted by atomic mass is 16.5. The SMILES string of the molecule is CNc1cc(C2=NCc3nc(N4CCC5(CC4)CO[C@@H](C)[C@H]5N)n(C)c(=O)c32)ccn1. The fourth-order valence-corrected chi connectivity index (χ4v) is 5.08. The van der Waals surface area contributed by atoms with Gasteiger partial charge in [-0.15, -0.1) is 0 Å². The third-order valence-corrected chi connectivity index (χ3v) is 7.14. The number of anilines is 2. The van der Waals surface area contributed by atoms with Gasteiger partial charge in [-0.05, 0) is 31.9 Å². The topological polar surface area (TPSA) is 111 Å². The van der Waals surface area contributed by atoms with Crippen molar-refractivity contribution in [3.8, 4) is 0 Å². The first-order chi connectivity index (χ1) is 14.9.